The average molecular weight is 475 g/mol. The Hall–Kier alpha value is -2.91. The summed E-state index contributed by atoms with van der Waals surface area (Å²) in [5, 5.41) is 16.7. The van der Waals surface area contributed by atoms with Crippen molar-refractivity contribution in [3.8, 4) is 0 Å². The van der Waals surface area contributed by atoms with Crippen LogP contribution in [0.25, 0.3) is 5.70 Å². The molecule has 2 fully saturated rings. The molecule has 0 radical (unpaired) electrons. The number of halogens is 3. The SMILES string of the molecule is C=C(NCC(=O)NC1CN(C2CCC(O)(c3cccnc3)CC2)C1)c1cccc(C(F)(F)F)c1. The molecule has 1 aromatic heterocycles. The van der Waals surface area contributed by atoms with Gasteiger partial charge in [0.05, 0.1) is 23.8 Å². The van der Waals surface area contributed by atoms with Crippen LogP contribution in [0.3, 0.4) is 0 Å². The van der Waals surface area contributed by atoms with Crippen molar-refractivity contribution in [2.75, 3.05) is 19.6 Å². The van der Waals surface area contributed by atoms with Gasteiger partial charge in [-0.15, -0.1) is 0 Å². The number of alkyl halides is 3. The van der Waals surface area contributed by atoms with E-state index >= 15 is 0 Å². The van der Waals surface area contributed by atoms with Crippen LogP contribution in [0.4, 0.5) is 13.2 Å². The molecule has 1 aliphatic carbocycles. The van der Waals surface area contributed by atoms with Gasteiger partial charge in [-0.2, -0.15) is 13.2 Å². The van der Waals surface area contributed by atoms with Crippen molar-refractivity contribution in [2.24, 2.45) is 0 Å². The molecule has 0 spiro atoms. The van der Waals surface area contributed by atoms with E-state index in [9.17, 15) is 23.1 Å². The van der Waals surface area contributed by atoms with Crippen LogP contribution >= 0.6 is 0 Å². The number of nitrogens with one attached hydrogen (secondary N) is 2. The molecule has 182 valence electrons. The fourth-order valence-electron chi connectivity index (χ4n) is 4.73. The number of pyridine rings is 1. The minimum absolute atomic E-state index is 0.0373. The molecule has 1 aromatic carbocycles. The lowest BCUT2D eigenvalue weighted by Gasteiger charge is -2.48. The Labute approximate surface area is 196 Å². The summed E-state index contributed by atoms with van der Waals surface area (Å²) in [6.45, 7) is 5.18. The number of aliphatic hydroxyl groups is 1. The summed E-state index contributed by atoms with van der Waals surface area (Å²) in [6.07, 6.45) is 2.11. The van der Waals surface area contributed by atoms with Gasteiger partial charge in [0.25, 0.3) is 0 Å². The third-order valence-corrected chi connectivity index (χ3v) is 6.77. The number of hydrogen-bond acceptors (Lipinski definition) is 5. The standard InChI is InChI=1S/C25H29F3N4O2/c1-17(18-4-2-5-19(12-18)25(26,27)28)30-14-23(33)31-21-15-32(16-21)22-7-9-24(34,10-8-22)20-6-3-11-29-13-20/h2-6,11-13,21-22,30,34H,1,7-10,14-16H2,(H,31,33). The van der Waals surface area contributed by atoms with E-state index in [2.05, 4.69) is 27.1 Å². The Morgan fingerprint density at radius 1 is 1.21 bits per heavy atom. The smallest absolute Gasteiger partial charge is 0.385 e. The van der Waals surface area contributed by atoms with Crippen LogP contribution in [0.5, 0.6) is 0 Å². The number of hydrogen-bond donors (Lipinski definition) is 3. The van der Waals surface area contributed by atoms with E-state index in [0.29, 0.717) is 24.4 Å². The predicted molar refractivity (Wildman–Crippen MR) is 122 cm³/mol. The predicted octanol–water partition coefficient (Wildman–Crippen LogP) is 3.29. The second-order valence-corrected chi connectivity index (χ2v) is 9.13. The zero-order valence-corrected chi connectivity index (χ0v) is 18.8. The molecular formula is C25H29F3N4O2. The summed E-state index contributed by atoms with van der Waals surface area (Å²) in [7, 11) is 0. The van der Waals surface area contributed by atoms with Crippen LogP contribution in [0.2, 0.25) is 0 Å². The first kappa shape index (κ1) is 24.2. The Morgan fingerprint density at radius 3 is 2.59 bits per heavy atom. The molecule has 34 heavy (non-hydrogen) atoms. The van der Waals surface area contributed by atoms with Crippen LogP contribution < -0.4 is 10.6 Å². The molecule has 1 aliphatic heterocycles. The first-order valence-electron chi connectivity index (χ1n) is 11.4. The minimum Gasteiger partial charge on any atom is -0.385 e. The van der Waals surface area contributed by atoms with E-state index in [0.717, 1.165) is 43.6 Å². The molecule has 6 nitrogen and oxygen atoms in total. The maximum absolute atomic E-state index is 12.9. The Bertz CT molecular complexity index is 1010. The summed E-state index contributed by atoms with van der Waals surface area (Å²) >= 11 is 0. The molecule has 0 unspecified atom stereocenters. The van der Waals surface area contributed by atoms with E-state index in [1.165, 1.54) is 12.1 Å². The van der Waals surface area contributed by atoms with Gasteiger partial charge in [-0.25, -0.2) is 0 Å². The molecule has 1 saturated heterocycles. The number of benzene rings is 1. The number of likely N-dealkylation sites (tertiary alicyclic amines) is 1. The number of aromatic nitrogens is 1. The minimum atomic E-state index is -4.43. The van der Waals surface area contributed by atoms with Gasteiger partial charge in [0.1, 0.15) is 0 Å². The Kier molecular flexibility index (Phi) is 6.95. The lowest BCUT2D eigenvalue weighted by atomic mass is 9.77. The second kappa shape index (κ2) is 9.76. The lowest BCUT2D eigenvalue weighted by Crippen LogP contribution is -2.63. The molecule has 2 heterocycles. The topological polar surface area (TPSA) is 77.5 Å². The quantitative estimate of drug-likeness (QED) is 0.574. The van der Waals surface area contributed by atoms with E-state index in [-0.39, 0.29) is 24.2 Å². The highest BCUT2D eigenvalue weighted by molar-refractivity contribution is 5.80. The molecule has 9 heteroatoms. The highest BCUT2D eigenvalue weighted by atomic mass is 19.4. The van der Waals surface area contributed by atoms with E-state index in [1.54, 1.807) is 12.4 Å². The van der Waals surface area contributed by atoms with Crippen molar-refractivity contribution >= 4 is 11.6 Å². The molecule has 2 aliphatic rings. The Morgan fingerprint density at radius 2 is 1.94 bits per heavy atom. The Balaban J connectivity index is 1.17. The van der Waals surface area contributed by atoms with Gasteiger partial charge in [-0.3, -0.25) is 14.7 Å². The monoisotopic (exact) mass is 474 g/mol. The third kappa shape index (κ3) is 5.59. The van der Waals surface area contributed by atoms with E-state index in [1.807, 2.05) is 12.1 Å². The molecule has 3 N–H and O–H groups in total. The van der Waals surface area contributed by atoms with Gasteiger partial charge < -0.3 is 15.7 Å². The number of carbonyl (C=O) groups excluding carboxylic acids is 1. The first-order chi connectivity index (χ1) is 16.1. The fourth-order valence-corrected chi connectivity index (χ4v) is 4.73. The van der Waals surface area contributed by atoms with Crippen molar-refractivity contribution in [2.45, 2.75) is 49.5 Å². The van der Waals surface area contributed by atoms with Crippen molar-refractivity contribution in [1.82, 2.24) is 20.5 Å². The zero-order valence-electron chi connectivity index (χ0n) is 18.8. The summed E-state index contributed by atoms with van der Waals surface area (Å²) in [5.41, 5.74) is -0.160. The van der Waals surface area contributed by atoms with Crippen LogP contribution in [0, 0.1) is 0 Å². The summed E-state index contributed by atoms with van der Waals surface area (Å²) in [4.78, 5) is 18.7. The molecule has 1 saturated carbocycles. The fraction of sp³-hybridized carbons (Fsp3) is 0.440. The van der Waals surface area contributed by atoms with Crippen LogP contribution in [0.15, 0.2) is 55.4 Å². The molecule has 4 rings (SSSR count). The van der Waals surface area contributed by atoms with Gasteiger partial charge in [0, 0.05) is 42.8 Å². The maximum atomic E-state index is 12.9. The van der Waals surface area contributed by atoms with E-state index < -0.39 is 17.3 Å². The van der Waals surface area contributed by atoms with Crippen LogP contribution in [-0.2, 0) is 16.6 Å². The zero-order chi connectivity index (χ0) is 24.3. The van der Waals surface area contributed by atoms with Gasteiger partial charge in [0.15, 0.2) is 0 Å². The molecule has 0 bridgehead atoms. The number of nitrogens with zero attached hydrogens (tertiary/aromatic N) is 2. The number of rotatable bonds is 7. The molecule has 1 amide bonds. The lowest BCUT2D eigenvalue weighted by molar-refractivity contribution is -0.137. The highest BCUT2D eigenvalue weighted by Crippen LogP contribution is 2.39. The van der Waals surface area contributed by atoms with Gasteiger partial charge in [-0.05, 0) is 49.4 Å². The van der Waals surface area contributed by atoms with Crippen molar-refractivity contribution < 1.29 is 23.1 Å². The van der Waals surface area contributed by atoms with E-state index in [4.69, 9.17) is 0 Å². The first-order valence-corrected chi connectivity index (χ1v) is 11.4. The summed E-state index contributed by atoms with van der Waals surface area (Å²) in [5.74, 6) is -0.229. The van der Waals surface area contributed by atoms with Gasteiger partial charge in [0.2, 0.25) is 5.91 Å². The molecular weight excluding hydrogens is 445 g/mol. The second-order valence-electron chi connectivity index (χ2n) is 9.13. The van der Waals surface area contributed by atoms with Crippen molar-refractivity contribution in [3.63, 3.8) is 0 Å². The normalized spacial score (nSPS) is 23.7. The summed E-state index contributed by atoms with van der Waals surface area (Å²) < 4.78 is 38.6. The summed E-state index contributed by atoms with van der Waals surface area (Å²) in [6, 6.07) is 9.01. The van der Waals surface area contributed by atoms with Gasteiger partial charge in [-0.1, -0.05) is 24.8 Å². The van der Waals surface area contributed by atoms with Crippen LogP contribution in [0.1, 0.15) is 42.4 Å². The highest BCUT2D eigenvalue weighted by Gasteiger charge is 2.40. The number of amides is 1. The van der Waals surface area contributed by atoms with Gasteiger partial charge >= 0.3 is 6.18 Å². The maximum Gasteiger partial charge on any atom is 0.416 e. The van der Waals surface area contributed by atoms with Crippen molar-refractivity contribution in [3.05, 3.63) is 72.1 Å². The van der Waals surface area contributed by atoms with Crippen molar-refractivity contribution in [1.29, 1.82) is 0 Å². The van der Waals surface area contributed by atoms with Crippen LogP contribution in [-0.4, -0.2) is 52.6 Å². The molecule has 0 atom stereocenters. The largest absolute Gasteiger partial charge is 0.416 e. The molecule has 2 aromatic rings. The third-order valence-electron chi connectivity index (χ3n) is 6.77. The average Bonchev–Trinajstić information content (AvgIpc) is 2.80. The number of carbonyl (C=O) groups is 1.